The first kappa shape index (κ1) is 15.8. The molecular weight excluding hydrogens is 292 g/mol. The molecule has 0 bridgehead atoms. The van der Waals surface area contributed by atoms with Gasteiger partial charge < -0.3 is 15.7 Å². The first-order valence-corrected chi connectivity index (χ1v) is 6.55. The Morgan fingerprint density at radius 3 is 2.55 bits per heavy atom. The average Bonchev–Trinajstić information content (AvgIpc) is 2.43. The molecule has 0 fully saturated rings. The molecule has 0 aliphatic heterocycles. The van der Waals surface area contributed by atoms with Crippen molar-refractivity contribution in [2.24, 2.45) is 0 Å². The number of aliphatic hydroxyl groups is 1. The number of urea groups is 1. The lowest BCUT2D eigenvalue weighted by atomic mass is 10.1. The van der Waals surface area contributed by atoms with Crippen LogP contribution in [-0.4, -0.2) is 22.7 Å². The Morgan fingerprint density at radius 2 is 1.95 bits per heavy atom. The first-order chi connectivity index (χ1) is 10.5. The van der Waals surface area contributed by atoms with Gasteiger partial charge in [-0.05, 0) is 36.8 Å². The number of aromatic nitrogens is 1. The maximum absolute atomic E-state index is 13.1. The van der Waals surface area contributed by atoms with E-state index in [-0.39, 0.29) is 12.3 Å². The first-order valence-electron chi connectivity index (χ1n) is 6.55. The van der Waals surface area contributed by atoms with Crippen molar-refractivity contribution in [1.82, 2.24) is 10.3 Å². The summed E-state index contributed by atoms with van der Waals surface area (Å²) in [5.74, 6) is -1.59. The van der Waals surface area contributed by atoms with Gasteiger partial charge in [-0.25, -0.2) is 13.6 Å². The fourth-order valence-corrected chi connectivity index (χ4v) is 1.97. The molecule has 0 spiro atoms. The summed E-state index contributed by atoms with van der Waals surface area (Å²) in [4.78, 5) is 15.9. The molecule has 116 valence electrons. The van der Waals surface area contributed by atoms with Gasteiger partial charge in [0.15, 0.2) is 0 Å². The summed E-state index contributed by atoms with van der Waals surface area (Å²) in [6, 6.07) is 4.75. The van der Waals surface area contributed by atoms with Crippen LogP contribution in [0.5, 0.6) is 0 Å². The van der Waals surface area contributed by atoms with Crippen LogP contribution >= 0.6 is 0 Å². The summed E-state index contributed by atoms with van der Waals surface area (Å²) in [6.07, 6.45) is 1.56. The van der Waals surface area contributed by atoms with E-state index < -0.39 is 23.7 Å². The summed E-state index contributed by atoms with van der Waals surface area (Å²) in [5, 5.41) is 14.2. The van der Waals surface area contributed by atoms with Gasteiger partial charge in [0.05, 0.1) is 12.6 Å². The number of nitrogens with one attached hydrogen (secondary N) is 2. The van der Waals surface area contributed by atoms with Gasteiger partial charge in [-0.15, -0.1) is 0 Å². The molecule has 2 rings (SSSR count). The van der Waals surface area contributed by atoms with E-state index in [9.17, 15) is 18.7 Å². The lowest BCUT2D eigenvalue weighted by Crippen LogP contribution is -2.34. The van der Waals surface area contributed by atoms with Crippen molar-refractivity contribution in [1.29, 1.82) is 0 Å². The Labute approximate surface area is 126 Å². The van der Waals surface area contributed by atoms with E-state index in [1.807, 2.05) is 0 Å². The topological polar surface area (TPSA) is 74.2 Å². The van der Waals surface area contributed by atoms with Gasteiger partial charge in [0, 0.05) is 23.6 Å². The van der Waals surface area contributed by atoms with E-state index in [1.165, 1.54) is 0 Å². The number of benzene rings is 1. The molecule has 1 aromatic heterocycles. The molecule has 0 aliphatic carbocycles. The fourth-order valence-electron chi connectivity index (χ4n) is 1.97. The number of anilines is 1. The third-order valence-corrected chi connectivity index (χ3v) is 2.93. The van der Waals surface area contributed by atoms with Crippen LogP contribution in [0.2, 0.25) is 0 Å². The fraction of sp³-hybridized carbons (Fsp3) is 0.200. The zero-order chi connectivity index (χ0) is 16.1. The van der Waals surface area contributed by atoms with Crippen molar-refractivity contribution in [3.63, 3.8) is 0 Å². The molecule has 1 aromatic carbocycles. The van der Waals surface area contributed by atoms with Crippen LogP contribution in [-0.2, 0) is 0 Å². The number of hydrogen-bond donors (Lipinski definition) is 3. The monoisotopic (exact) mass is 307 g/mol. The Balaban J connectivity index is 2.06. The standard InChI is InChI=1S/C15H15F2N3O2/c1-9-4-10(2-3-18-9)14(8-21)20-15(22)19-13-6-11(16)5-12(17)7-13/h2-7,14,21H,8H2,1H3,(H2,19,20,22). The minimum atomic E-state index is -0.793. The number of nitrogens with zero attached hydrogens (tertiary/aromatic N) is 1. The molecular formula is C15H15F2N3O2. The molecule has 0 aliphatic rings. The maximum atomic E-state index is 13.1. The second-order valence-electron chi connectivity index (χ2n) is 4.72. The highest BCUT2D eigenvalue weighted by molar-refractivity contribution is 5.89. The van der Waals surface area contributed by atoms with E-state index in [4.69, 9.17) is 0 Å². The second-order valence-corrected chi connectivity index (χ2v) is 4.72. The van der Waals surface area contributed by atoms with Gasteiger partial charge in [-0.2, -0.15) is 0 Å². The second kappa shape index (κ2) is 6.95. The Kier molecular flexibility index (Phi) is 5.00. The predicted octanol–water partition coefficient (Wildman–Crippen LogP) is 2.52. The smallest absolute Gasteiger partial charge is 0.319 e. The Hall–Kier alpha value is -2.54. The highest BCUT2D eigenvalue weighted by Gasteiger charge is 2.14. The van der Waals surface area contributed by atoms with Crippen LogP contribution in [0.15, 0.2) is 36.5 Å². The predicted molar refractivity (Wildman–Crippen MR) is 77.3 cm³/mol. The lowest BCUT2D eigenvalue weighted by molar-refractivity contribution is 0.225. The highest BCUT2D eigenvalue weighted by atomic mass is 19.1. The van der Waals surface area contributed by atoms with E-state index in [0.717, 1.165) is 17.8 Å². The lowest BCUT2D eigenvalue weighted by Gasteiger charge is -2.17. The maximum Gasteiger partial charge on any atom is 0.319 e. The quantitative estimate of drug-likeness (QED) is 0.812. The van der Waals surface area contributed by atoms with Crippen molar-refractivity contribution in [3.8, 4) is 0 Å². The highest BCUT2D eigenvalue weighted by Crippen LogP contribution is 2.15. The Morgan fingerprint density at radius 1 is 1.27 bits per heavy atom. The van der Waals surface area contributed by atoms with Crippen LogP contribution in [0.1, 0.15) is 17.3 Å². The summed E-state index contributed by atoms with van der Waals surface area (Å²) in [5.41, 5.74) is 1.40. The van der Waals surface area contributed by atoms with Gasteiger partial charge in [0.25, 0.3) is 0 Å². The number of hydrogen-bond acceptors (Lipinski definition) is 3. The van der Waals surface area contributed by atoms with Crippen molar-refractivity contribution >= 4 is 11.7 Å². The molecule has 2 amide bonds. The molecule has 0 radical (unpaired) electrons. The molecule has 1 atom stereocenters. The van der Waals surface area contributed by atoms with E-state index in [0.29, 0.717) is 11.6 Å². The summed E-state index contributed by atoms with van der Waals surface area (Å²) < 4.78 is 26.1. The number of aliphatic hydroxyl groups excluding tert-OH is 1. The molecule has 0 saturated heterocycles. The van der Waals surface area contributed by atoms with Gasteiger partial charge in [-0.3, -0.25) is 4.98 Å². The van der Waals surface area contributed by atoms with Crippen molar-refractivity contribution < 1.29 is 18.7 Å². The largest absolute Gasteiger partial charge is 0.394 e. The van der Waals surface area contributed by atoms with Crippen molar-refractivity contribution in [2.45, 2.75) is 13.0 Å². The van der Waals surface area contributed by atoms with E-state index in [1.54, 1.807) is 25.3 Å². The summed E-state index contributed by atoms with van der Waals surface area (Å²) >= 11 is 0. The minimum absolute atomic E-state index is 0.0161. The molecule has 3 N–H and O–H groups in total. The number of amides is 2. The molecule has 7 heteroatoms. The number of carbonyl (C=O) groups is 1. The number of pyridine rings is 1. The van der Waals surface area contributed by atoms with Crippen LogP contribution in [0, 0.1) is 18.6 Å². The summed E-state index contributed by atoms with van der Waals surface area (Å²) in [6.45, 7) is 1.46. The van der Waals surface area contributed by atoms with Crippen LogP contribution in [0.4, 0.5) is 19.3 Å². The zero-order valence-corrected chi connectivity index (χ0v) is 11.8. The van der Waals surface area contributed by atoms with E-state index in [2.05, 4.69) is 15.6 Å². The third kappa shape index (κ3) is 4.23. The number of rotatable bonds is 4. The normalized spacial score (nSPS) is 11.8. The third-order valence-electron chi connectivity index (χ3n) is 2.93. The number of halogens is 2. The molecule has 1 heterocycles. The van der Waals surface area contributed by atoms with Gasteiger partial charge in [0.2, 0.25) is 0 Å². The summed E-state index contributed by atoms with van der Waals surface area (Å²) in [7, 11) is 0. The van der Waals surface area contributed by atoms with Crippen LogP contribution in [0.25, 0.3) is 0 Å². The SMILES string of the molecule is Cc1cc(C(CO)NC(=O)Nc2cc(F)cc(F)c2)ccn1. The zero-order valence-electron chi connectivity index (χ0n) is 11.8. The Bertz CT molecular complexity index is 659. The van der Waals surface area contributed by atoms with Crippen molar-refractivity contribution in [2.75, 3.05) is 11.9 Å². The van der Waals surface area contributed by atoms with Gasteiger partial charge >= 0.3 is 6.03 Å². The van der Waals surface area contributed by atoms with Gasteiger partial charge in [0.1, 0.15) is 11.6 Å². The van der Waals surface area contributed by atoms with Crippen molar-refractivity contribution in [3.05, 3.63) is 59.4 Å². The number of aryl methyl sites for hydroxylation is 1. The molecule has 5 nitrogen and oxygen atoms in total. The van der Waals surface area contributed by atoms with Gasteiger partial charge in [-0.1, -0.05) is 0 Å². The van der Waals surface area contributed by atoms with E-state index >= 15 is 0 Å². The van der Waals surface area contributed by atoms with Crippen LogP contribution < -0.4 is 10.6 Å². The molecule has 1 unspecified atom stereocenters. The molecule has 0 saturated carbocycles. The number of carbonyl (C=O) groups excluding carboxylic acids is 1. The average molecular weight is 307 g/mol. The minimum Gasteiger partial charge on any atom is -0.394 e. The molecule has 22 heavy (non-hydrogen) atoms. The molecule has 2 aromatic rings. The van der Waals surface area contributed by atoms with Crippen LogP contribution in [0.3, 0.4) is 0 Å².